The molecule has 8 heteroatoms. The minimum absolute atomic E-state index is 0.00339. The zero-order valence-electron chi connectivity index (χ0n) is 15.8. The second kappa shape index (κ2) is 10.0. The summed E-state index contributed by atoms with van der Waals surface area (Å²) in [7, 11) is 0. The molecule has 2 heterocycles. The number of benzene rings is 1. The molecule has 0 bridgehead atoms. The second-order valence-electron chi connectivity index (χ2n) is 6.68. The Bertz CT molecular complexity index is 712. The Morgan fingerprint density at radius 1 is 1.30 bits per heavy atom. The predicted molar refractivity (Wildman–Crippen MR) is 105 cm³/mol. The molecule has 0 saturated carbocycles. The van der Waals surface area contributed by atoms with Crippen LogP contribution in [0.5, 0.6) is 0 Å². The predicted octanol–water partition coefficient (Wildman–Crippen LogP) is 1.47. The highest BCUT2D eigenvalue weighted by Crippen LogP contribution is 2.19. The first-order chi connectivity index (χ1) is 13.2. The van der Waals surface area contributed by atoms with Crippen molar-refractivity contribution < 1.29 is 9.26 Å². The topological polar surface area (TPSA) is 102 Å². The number of guanidine groups is 1. The largest absolute Gasteiger partial charge is 0.379 e. The maximum Gasteiger partial charge on any atom is 0.231 e. The summed E-state index contributed by atoms with van der Waals surface area (Å²) in [5.74, 6) is 1.61. The first-order valence-electron chi connectivity index (χ1n) is 9.45. The number of aromatic nitrogens is 2. The Morgan fingerprint density at radius 2 is 2.07 bits per heavy atom. The number of nitrogens with two attached hydrogens (primary N) is 1. The monoisotopic (exact) mass is 372 g/mol. The second-order valence-corrected chi connectivity index (χ2v) is 6.68. The van der Waals surface area contributed by atoms with Gasteiger partial charge in [-0.3, -0.25) is 9.89 Å². The van der Waals surface area contributed by atoms with Crippen LogP contribution in [0.1, 0.15) is 25.2 Å². The molecule has 1 saturated heterocycles. The van der Waals surface area contributed by atoms with Crippen LogP contribution in [0.25, 0.3) is 11.4 Å². The van der Waals surface area contributed by atoms with E-state index in [0.29, 0.717) is 24.2 Å². The van der Waals surface area contributed by atoms with Crippen molar-refractivity contribution in [3.05, 3.63) is 36.2 Å². The highest BCUT2D eigenvalue weighted by molar-refractivity contribution is 5.77. The van der Waals surface area contributed by atoms with E-state index < -0.39 is 0 Å². The molecule has 3 N–H and O–H groups in total. The summed E-state index contributed by atoms with van der Waals surface area (Å²) in [5.41, 5.74) is 6.89. The van der Waals surface area contributed by atoms with Crippen LogP contribution in [0.15, 0.2) is 39.8 Å². The number of rotatable bonds is 8. The van der Waals surface area contributed by atoms with E-state index in [1.807, 2.05) is 37.3 Å². The van der Waals surface area contributed by atoms with Crippen LogP contribution in [-0.4, -0.2) is 66.9 Å². The van der Waals surface area contributed by atoms with Crippen LogP contribution in [0.3, 0.4) is 0 Å². The number of ether oxygens (including phenoxy) is 1. The molecule has 0 radical (unpaired) electrons. The third-order valence-electron chi connectivity index (χ3n) is 4.49. The molecule has 2 aromatic rings. The molecule has 8 nitrogen and oxygen atoms in total. The quantitative estimate of drug-likeness (QED) is 0.411. The lowest BCUT2D eigenvalue weighted by atomic mass is 10.2. The molecule has 1 unspecified atom stereocenters. The number of morpholine rings is 1. The zero-order valence-corrected chi connectivity index (χ0v) is 15.8. The van der Waals surface area contributed by atoms with Crippen molar-refractivity contribution >= 4 is 5.96 Å². The lowest BCUT2D eigenvalue weighted by Crippen LogP contribution is -2.39. The van der Waals surface area contributed by atoms with Gasteiger partial charge >= 0.3 is 0 Å². The van der Waals surface area contributed by atoms with E-state index in [1.54, 1.807) is 0 Å². The third-order valence-corrected chi connectivity index (χ3v) is 4.49. The highest BCUT2D eigenvalue weighted by atomic mass is 16.5. The van der Waals surface area contributed by atoms with Crippen molar-refractivity contribution in [3.8, 4) is 11.4 Å². The van der Waals surface area contributed by atoms with Gasteiger partial charge in [-0.2, -0.15) is 4.98 Å². The fourth-order valence-electron chi connectivity index (χ4n) is 2.85. The van der Waals surface area contributed by atoms with E-state index in [1.165, 1.54) is 0 Å². The molecular formula is C19H28N6O2. The molecule has 1 atom stereocenters. The maximum absolute atomic E-state index is 5.95. The van der Waals surface area contributed by atoms with Crippen LogP contribution in [0.2, 0.25) is 0 Å². The summed E-state index contributed by atoms with van der Waals surface area (Å²) in [4.78, 5) is 11.3. The Kier molecular flexibility index (Phi) is 7.18. The number of hydrogen-bond donors (Lipinski definition) is 2. The molecule has 3 rings (SSSR count). The van der Waals surface area contributed by atoms with Gasteiger partial charge in [0, 0.05) is 25.2 Å². The molecule has 0 spiro atoms. The highest BCUT2D eigenvalue weighted by Gasteiger charge is 2.15. The summed E-state index contributed by atoms with van der Waals surface area (Å²) >= 11 is 0. The molecule has 0 amide bonds. The van der Waals surface area contributed by atoms with E-state index in [2.05, 4.69) is 25.3 Å². The average Bonchev–Trinajstić information content (AvgIpc) is 3.21. The lowest BCUT2D eigenvalue weighted by Gasteiger charge is -2.26. The van der Waals surface area contributed by atoms with Crippen molar-refractivity contribution in [1.82, 2.24) is 20.4 Å². The zero-order chi connectivity index (χ0) is 18.9. The Hall–Kier alpha value is -2.45. The first kappa shape index (κ1) is 19.3. The standard InChI is InChI=1S/C19H28N6O2/c1-15(18-23-17(24-27-18)16-6-3-2-4-7-16)14-22-19(20)21-8-5-9-25-10-12-26-13-11-25/h2-4,6-7,15H,5,8-14H2,1H3,(H3,20,21,22). The molecule has 1 fully saturated rings. The SMILES string of the molecule is CC(CN=C(N)NCCCN1CCOCC1)c1nc(-c2ccccc2)no1. The minimum Gasteiger partial charge on any atom is -0.379 e. The molecule has 146 valence electrons. The fourth-order valence-corrected chi connectivity index (χ4v) is 2.85. The van der Waals surface area contributed by atoms with Crippen molar-refractivity contribution in [2.45, 2.75) is 19.3 Å². The minimum atomic E-state index is 0.00339. The van der Waals surface area contributed by atoms with Gasteiger partial charge in [-0.05, 0) is 13.0 Å². The molecule has 1 aliphatic heterocycles. The number of nitrogens with one attached hydrogen (secondary N) is 1. The van der Waals surface area contributed by atoms with Gasteiger partial charge in [0.2, 0.25) is 11.7 Å². The van der Waals surface area contributed by atoms with E-state index >= 15 is 0 Å². The van der Waals surface area contributed by atoms with Crippen molar-refractivity contribution in [3.63, 3.8) is 0 Å². The molecule has 1 aromatic heterocycles. The first-order valence-corrected chi connectivity index (χ1v) is 9.45. The van der Waals surface area contributed by atoms with Crippen LogP contribution in [0.4, 0.5) is 0 Å². The van der Waals surface area contributed by atoms with E-state index in [0.717, 1.165) is 51.4 Å². The summed E-state index contributed by atoms with van der Waals surface area (Å²) in [6, 6.07) is 9.76. The van der Waals surface area contributed by atoms with Gasteiger partial charge in [0.15, 0.2) is 5.96 Å². The summed E-state index contributed by atoms with van der Waals surface area (Å²) in [6.45, 7) is 8.03. The number of nitrogens with zero attached hydrogens (tertiary/aromatic N) is 4. The van der Waals surface area contributed by atoms with Crippen LogP contribution in [-0.2, 0) is 4.74 Å². The Labute approximate surface area is 159 Å². The molecule has 0 aliphatic carbocycles. The average molecular weight is 372 g/mol. The number of hydrogen-bond acceptors (Lipinski definition) is 6. The van der Waals surface area contributed by atoms with E-state index in [4.69, 9.17) is 15.0 Å². The summed E-state index contributed by atoms with van der Waals surface area (Å²) < 4.78 is 10.7. The van der Waals surface area contributed by atoms with Gasteiger partial charge in [-0.25, -0.2) is 0 Å². The molecule has 27 heavy (non-hydrogen) atoms. The fraction of sp³-hybridized carbons (Fsp3) is 0.526. The normalized spacial score (nSPS) is 17.0. The summed E-state index contributed by atoms with van der Waals surface area (Å²) in [5, 5.41) is 7.21. The van der Waals surface area contributed by atoms with Crippen molar-refractivity contribution in [2.75, 3.05) is 45.9 Å². The Morgan fingerprint density at radius 3 is 2.85 bits per heavy atom. The summed E-state index contributed by atoms with van der Waals surface area (Å²) in [6.07, 6.45) is 1.02. The molecule has 1 aromatic carbocycles. The van der Waals surface area contributed by atoms with Gasteiger partial charge in [0.25, 0.3) is 0 Å². The smallest absolute Gasteiger partial charge is 0.231 e. The number of aliphatic imine (C=N–C) groups is 1. The van der Waals surface area contributed by atoms with E-state index in [-0.39, 0.29) is 5.92 Å². The van der Waals surface area contributed by atoms with Crippen molar-refractivity contribution in [2.24, 2.45) is 10.7 Å². The van der Waals surface area contributed by atoms with Gasteiger partial charge in [0.05, 0.1) is 25.7 Å². The lowest BCUT2D eigenvalue weighted by molar-refractivity contribution is 0.0376. The maximum atomic E-state index is 5.95. The Balaban J connectivity index is 1.39. The van der Waals surface area contributed by atoms with Gasteiger partial charge < -0.3 is 20.3 Å². The van der Waals surface area contributed by atoms with Gasteiger partial charge in [0.1, 0.15) is 0 Å². The van der Waals surface area contributed by atoms with Crippen LogP contribution < -0.4 is 11.1 Å². The van der Waals surface area contributed by atoms with Crippen LogP contribution in [0, 0.1) is 0 Å². The van der Waals surface area contributed by atoms with E-state index in [9.17, 15) is 0 Å². The third kappa shape index (κ3) is 6.04. The van der Waals surface area contributed by atoms with Crippen molar-refractivity contribution in [1.29, 1.82) is 0 Å². The van der Waals surface area contributed by atoms with Crippen LogP contribution >= 0.6 is 0 Å². The molecule has 1 aliphatic rings. The van der Waals surface area contributed by atoms with Gasteiger partial charge in [-0.1, -0.05) is 42.4 Å². The van der Waals surface area contributed by atoms with Gasteiger partial charge in [-0.15, -0.1) is 0 Å². The molecular weight excluding hydrogens is 344 g/mol.